The summed E-state index contributed by atoms with van der Waals surface area (Å²) >= 11 is 0. The molecule has 0 heterocycles. The lowest BCUT2D eigenvalue weighted by Crippen LogP contribution is -2.28. The van der Waals surface area contributed by atoms with E-state index in [1.54, 1.807) is 6.07 Å². The molecule has 0 spiro atoms. The van der Waals surface area contributed by atoms with Crippen LogP contribution in [0.15, 0.2) is 18.2 Å². The third kappa shape index (κ3) is 6.15. The van der Waals surface area contributed by atoms with E-state index >= 15 is 0 Å². The van der Waals surface area contributed by atoms with E-state index in [1.165, 1.54) is 12.1 Å². The lowest BCUT2D eigenvalue weighted by molar-refractivity contribution is -0.385. The van der Waals surface area contributed by atoms with Crippen molar-refractivity contribution in [2.75, 3.05) is 26.2 Å². The summed E-state index contributed by atoms with van der Waals surface area (Å²) in [6, 6.07) is 4.49. The molecule has 0 aromatic heterocycles. The number of ketones is 1. The zero-order chi connectivity index (χ0) is 16.5. The number of rotatable bonds is 10. The molecule has 0 N–H and O–H groups in total. The predicted molar refractivity (Wildman–Crippen MR) is 92.9 cm³/mol. The molecule has 0 atom stereocenters. The molecular formula is C16H25ClN2O4. The number of Topliss-reactive ketones (excluding diaryl/α,β-unsaturated/α-hetero) is 1. The van der Waals surface area contributed by atoms with Gasteiger partial charge < -0.3 is 9.64 Å². The average Bonchev–Trinajstić information content (AvgIpc) is 2.51. The molecule has 0 fully saturated rings. The molecule has 1 aromatic rings. The smallest absolute Gasteiger partial charge is 0.311 e. The molecular weight excluding hydrogens is 320 g/mol. The van der Waals surface area contributed by atoms with Crippen molar-refractivity contribution in [1.29, 1.82) is 0 Å². The summed E-state index contributed by atoms with van der Waals surface area (Å²) < 4.78 is 5.63. The van der Waals surface area contributed by atoms with Crippen molar-refractivity contribution in [3.05, 3.63) is 33.9 Å². The molecule has 0 saturated heterocycles. The van der Waals surface area contributed by atoms with Crippen LogP contribution in [0, 0.1) is 10.1 Å². The quantitative estimate of drug-likeness (QED) is 0.367. The number of benzene rings is 1. The van der Waals surface area contributed by atoms with Crippen LogP contribution in [0.25, 0.3) is 0 Å². The maximum Gasteiger partial charge on any atom is 0.311 e. The van der Waals surface area contributed by atoms with E-state index in [-0.39, 0.29) is 29.6 Å². The highest BCUT2D eigenvalue weighted by atomic mass is 35.5. The first kappa shape index (κ1) is 21.3. The molecule has 130 valence electrons. The highest BCUT2D eigenvalue weighted by molar-refractivity contribution is 5.99. The summed E-state index contributed by atoms with van der Waals surface area (Å²) in [5.74, 6) is -0.0258. The Kier molecular flexibility index (Phi) is 10.2. The van der Waals surface area contributed by atoms with Crippen molar-refractivity contribution < 1.29 is 14.5 Å². The number of para-hydroxylation sites is 1. The minimum atomic E-state index is -0.504. The minimum Gasteiger partial charge on any atom is -0.485 e. The summed E-state index contributed by atoms with van der Waals surface area (Å²) in [5, 5.41) is 11.2. The Morgan fingerprint density at radius 2 is 1.91 bits per heavy atom. The molecule has 1 aromatic carbocycles. The van der Waals surface area contributed by atoms with Crippen LogP contribution in [0.4, 0.5) is 5.69 Å². The van der Waals surface area contributed by atoms with Crippen molar-refractivity contribution in [3.63, 3.8) is 0 Å². The number of carbonyl (C=O) groups is 1. The van der Waals surface area contributed by atoms with Crippen LogP contribution >= 0.6 is 12.4 Å². The second-order valence-electron chi connectivity index (χ2n) is 4.96. The lowest BCUT2D eigenvalue weighted by atomic mass is 10.0. The first-order valence-electron chi connectivity index (χ1n) is 7.70. The largest absolute Gasteiger partial charge is 0.485 e. The van der Waals surface area contributed by atoms with Crippen molar-refractivity contribution in [1.82, 2.24) is 4.90 Å². The van der Waals surface area contributed by atoms with E-state index < -0.39 is 4.92 Å². The van der Waals surface area contributed by atoms with Crippen LogP contribution in [0.3, 0.4) is 0 Å². The fourth-order valence-corrected chi connectivity index (χ4v) is 2.22. The number of nitrogens with zero attached hydrogens (tertiary/aromatic N) is 2. The zero-order valence-electron chi connectivity index (χ0n) is 13.9. The van der Waals surface area contributed by atoms with Gasteiger partial charge in [-0.1, -0.05) is 26.8 Å². The van der Waals surface area contributed by atoms with Crippen molar-refractivity contribution in [2.24, 2.45) is 0 Å². The van der Waals surface area contributed by atoms with E-state index in [9.17, 15) is 14.9 Å². The highest BCUT2D eigenvalue weighted by Crippen LogP contribution is 2.32. The van der Waals surface area contributed by atoms with Crippen LogP contribution in [0.2, 0.25) is 0 Å². The third-order valence-corrected chi connectivity index (χ3v) is 3.52. The average molecular weight is 345 g/mol. The molecule has 0 saturated carbocycles. The topological polar surface area (TPSA) is 72.7 Å². The normalized spacial score (nSPS) is 10.3. The Morgan fingerprint density at radius 3 is 2.43 bits per heavy atom. The molecule has 1 rings (SSSR count). The molecule has 23 heavy (non-hydrogen) atoms. The Hall–Kier alpha value is -1.66. The SMILES string of the molecule is CCCC(=O)c1cccc([N+](=O)[O-])c1OCCN(CC)CC.Cl. The van der Waals surface area contributed by atoms with E-state index in [0.717, 1.165) is 13.1 Å². The first-order valence-corrected chi connectivity index (χ1v) is 7.70. The molecule has 0 aliphatic heterocycles. The maximum atomic E-state index is 12.1. The number of halogens is 1. The number of ether oxygens (including phenoxy) is 1. The molecule has 0 aliphatic carbocycles. The number of nitro groups is 1. The minimum absolute atomic E-state index is 0. The van der Waals surface area contributed by atoms with E-state index in [4.69, 9.17) is 4.74 Å². The predicted octanol–water partition coefficient (Wildman–Crippen LogP) is 3.72. The summed E-state index contributed by atoms with van der Waals surface area (Å²) in [6.45, 7) is 8.75. The van der Waals surface area contributed by atoms with Gasteiger partial charge in [-0.2, -0.15) is 0 Å². The Labute approximate surface area is 143 Å². The van der Waals surface area contributed by atoms with E-state index in [0.29, 0.717) is 31.6 Å². The van der Waals surface area contributed by atoms with Gasteiger partial charge >= 0.3 is 5.69 Å². The van der Waals surface area contributed by atoms with Gasteiger partial charge in [-0.05, 0) is 25.6 Å². The van der Waals surface area contributed by atoms with Crippen LogP contribution in [0.5, 0.6) is 5.75 Å². The maximum absolute atomic E-state index is 12.1. The summed E-state index contributed by atoms with van der Waals surface area (Å²) in [7, 11) is 0. The van der Waals surface area contributed by atoms with Crippen molar-refractivity contribution >= 4 is 23.9 Å². The first-order chi connectivity index (χ1) is 10.5. The Bertz CT molecular complexity index is 519. The van der Waals surface area contributed by atoms with Gasteiger partial charge in [0.25, 0.3) is 0 Å². The van der Waals surface area contributed by atoms with Crippen LogP contribution in [0.1, 0.15) is 44.0 Å². The second kappa shape index (κ2) is 11.0. The van der Waals surface area contributed by atoms with Gasteiger partial charge in [-0.25, -0.2) is 0 Å². The van der Waals surface area contributed by atoms with Crippen LogP contribution in [-0.2, 0) is 0 Å². The van der Waals surface area contributed by atoms with E-state index in [2.05, 4.69) is 4.90 Å². The number of hydrogen-bond acceptors (Lipinski definition) is 5. The van der Waals surface area contributed by atoms with Gasteiger partial charge in [0.2, 0.25) is 5.75 Å². The van der Waals surface area contributed by atoms with Crippen LogP contribution in [-0.4, -0.2) is 41.8 Å². The monoisotopic (exact) mass is 344 g/mol. The number of nitro benzene ring substituents is 1. The fourth-order valence-electron chi connectivity index (χ4n) is 2.22. The molecule has 6 nitrogen and oxygen atoms in total. The number of hydrogen-bond donors (Lipinski definition) is 0. The molecule has 0 radical (unpaired) electrons. The molecule has 0 unspecified atom stereocenters. The van der Waals surface area contributed by atoms with Gasteiger partial charge in [-0.15, -0.1) is 12.4 Å². The highest BCUT2D eigenvalue weighted by Gasteiger charge is 2.22. The molecule has 0 aliphatic rings. The van der Waals surface area contributed by atoms with E-state index in [1.807, 2.05) is 20.8 Å². The summed E-state index contributed by atoms with van der Waals surface area (Å²) in [4.78, 5) is 25.0. The van der Waals surface area contributed by atoms with Gasteiger partial charge in [0.1, 0.15) is 6.61 Å². The summed E-state index contributed by atoms with van der Waals surface area (Å²) in [6.07, 6.45) is 1.05. The number of likely N-dealkylation sites (N-methyl/N-ethyl adjacent to an activating group) is 1. The second-order valence-corrected chi connectivity index (χ2v) is 4.96. The lowest BCUT2D eigenvalue weighted by Gasteiger charge is -2.18. The van der Waals surface area contributed by atoms with Gasteiger partial charge in [-0.3, -0.25) is 14.9 Å². The van der Waals surface area contributed by atoms with Gasteiger partial charge in [0, 0.05) is 19.0 Å². The van der Waals surface area contributed by atoms with Crippen LogP contribution < -0.4 is 4.74 Å². The standard InChI is InChI=1S/C16H24N2O4.ClH/c1-4-8-15(19)13-9-7-10-14(18(20)21)16(13)22-12-11-17(5-2)6-3;/h7,9-10H,4-6,8,11-12H2,1-3H3;1H. The molecule has 7 heteroatoms. The Balaban J connectivity index is 0.00000484. The zero-order valence-corrected chi connectivity index (χ0v) is 14.7. The van der Waals surface area contributed by atoms with Crippen molar-refractivity contribution in [2.45, 2.75) is 33.6 Å². The van der Waals surface area contributed by atoms with Gasteiger partial charge in [0.15, 0.2) is 5.78 Å². The summed E-state index contributed by atoms with van der Waals surface area (Å²) in [5.41, 5.74) is 0.150. The third-order valence-electron chi connectivity index (χ3n) is 3.52. The Morgan fingerprint density at radius 1 is 1.26 bits per heavy atom. The fraction of sp³-hybridized carbons (Fsp3) is 0.562. The molecule has 0 amide bonds. The van der Waals surface area contributed by atoms with Gasteiger partial charge in [0.05, 0.1) is 10.5 Å². The van der Waals surface area contributed by atoms with Crippen molar-refractivity contribution in [3.8, 4) is 5.75 Å². The number of carbonyl (C=O) groups excluding carboxylic acids is 1. The molecule has 0 bridgehead atoms.